The van der Waals surface area contributed by atoms with E-state index in [9.17, 15) is 52.7 Å². The van der Waals surface area contributed by atoms with E-state index >= 15 is 0 Å². The molecule has 0 aliphatic carbocycles. The van der Waals surface area contributed by atoms with Crippen molar-refractivity contribution in [2.45, 2.75) is 120 Å². The predicted molar refractivity (Wildman–Crippen MR) is 249 cm³/mol. The third-order valence-electron chi connectivity index (χ3n) is 7.37. The average molecular weight is 1040 g/mol. The standard InChI is InChI=1S/C9H13NO7.2C6H14N4O2.C5H10N2O3.C5H9NO4.C5H11NO2S/c11-6(2-4-8(14)15)10-5(9(16)17)1-3-7(12)13;2*7-4(5(11)12)2-1-3-10-6(8)9;2*6-3(5(9)10)1-2-4(7)8;1-9-3-2-4(6)5(7)8/h5H,1-4H2,(H,10,11)(H,12,13)(H,14,15)(H,16,17);2*4H,1-3,7H2,(H,11,12)(H4,8,9,10);3H,1-2,6H2,(H2,7,8)(H,9,10);3H,1-2,6H2,(H,7,8)(H,9,10);4H,2-3,6H2,1H3,(H,7,8)/t5-;2*4-;2*3-;4-/m000000/s1. The van der Waals surface area contributed by atoms with Crippen molar-refractivity contribution in [3.8, 4) is 0 Å². The molecule has 0 bridgehead atoms. The Morgan fingerprint density at radius 1 is 0.429 bits per heavy atom. The van der Waals surface area contributed by atoms with Crippen molar-refractivity contribution in [1.29, 1.82) is 0 Å². The summed E-state index contributed by atoms with van der Waals surface area (Å²) in [4.78, 5) is 120. The number of nitrogens with one attached hydrogen (secondary N) is 1. The minimum absolute atomic E-state index is 0.0129. The van der Waals surface area contributed by atoms with Crippen LogP contribution in [0.1, 0.15) is 83.5 Å². The number of thioether (sulfide) groups is 1. The van der Waals surface area contributed by atoms with Gasteiger partial charge in [-0.25, -0.2) is 4.79 Å². The Balaban J connectivity index is -0.000000178. The van der Waals surface area contributed by atoms with E-state index in [4.69, 9.17) is 103 Å². The number of aliphatic carboxylic acids is 9. The smallest absolute Gasteiger partial charge is 0.326 e. The zero-order valence-electron chi connectivity index (χ0n) is 38.4. The Labute approximate surface area is 404 Å². The second-order valence-corrected chi connectivity index (χ2v) is 14.6. The molecule has 0 aromatic carbocycles. The molecule has 0 rings (SSSR count). The molecule has 0 aromatic rings. The number of carboxylic acid groups (broad SMARTS) is 9. The van der Waals surface area contributed by atoms with E-state index in [2.05, 4.69) is 15.3 Å². The van der Waals surface area contributed by atoms with Crippen LogP contribution in [0.2, 0.25) is 0 Å². The zero-order chi connectivity index (χ0) is 56.1. The van der Waals surface area contributed by atoms with Gasteiger partial charge < -0.3 is 109 Å². The SMILES string of the molecule is CSCC[C@H](N)C(=O)O.NC(=O)CC[C@H](N)C(=O)O.NC(N)=NCCC[C@H](N)C(=O)O.NC(N)=NCCC[C@H](N)C(=O)O.N[C@@H](CCC(=O)O)C(=O)O.O=C(O)CCC(=O)N[C@@H](CCC(=O)O)C(=O)O. The van der Waals surface area contributed by atoms with E-state index in [0.717, 1.165) is 5.75 Å². The molecule has 30 N–H and O–H groups in total. The molecule has 0 unspecified atom stereocenters. The van der Waals surface area contributed by atoms with Gasteiger partial charge in [0.1, 0.15) is 36.3 Å². The van der Waals surface area contributed by atoms with Crippen LogP contribution in [-0.4, -0.2) is 185 Å². The van der Waals surface area contributed by atoms with Crippen LogP contribution in [0, 0.1) is 0 Å². The molecule has 0 saturated carbocycles. The molecule has 0 radical (unpaired) electrons. The molecule has 2 amide bonds. The Morgan fingerprint density at radius 2 is 0.743 bits per heavy atom. The molecule has 70 heavy (non-hydrogen) atoms. The van der Waals surface area contributed by atoms with Gasteiger partial charge in [0.25, 0.3) is 0 Å². The Hall–Kier alpha value is -7.14. The molecule has 0 aliphatic rings. The number of aliphatic imine (C=N–C) groups is 2. The lowest BCUT2D eigenvalue weighted by molar-refractivity contribution is -0.144. The number of carbonyl (C=O) groups excluding carboxylic acids is 2. The fourth-order valence-electron chi connectivity index (χ4n) is 3.49. The molecule has 0 spiro atoms. The van der Waals surface area contributed by atoms with Gasteiger partial charge in [-0.05, 0) is 63.4 Å². The molecule has 0 aliphatic heterocycles. The lowest BCUT2D eigenvalue weighted by Crippen LogP contribution is -2.41. The normalized spacial score (nSPS) is 12.2. The highest BCUT2D eigenvalue weighted by molar-refractivity contribution is 7.98. The van der Waals surface area contributed by atoms with Crippen LogP contribution in [0.3, 0.4) is 0 Å². The van der Waals surface area contributed by atoms with Gasteiger partial charge in [-0.15, -0.1) is 0 Å². The number of nitrogens with zero attached hydrogens (tertiary/aromatic N) is 2. The summed E-state index contributed by atoms with van der Waals surface area (Å²) in [6, 6.07) is -5.67. The first-order chi connectivity index (χ1) is 32.2. The van der Waals surface area contributed by atoms with Crippen LogP contribution < -0.4 is 62.7 Å². The van der Waals surface area contributed by atoms with Crippen molar-refractivity contribution >= 4 is 89.2 Å². The second kappa shape index (κ2) is 46.9. The van der Waals surface area contributed by atoms with E-state index in [-0.39, 0.29) is 50.4 Å². The number of nitrogens with two attached hydrogens (primary N) is 10. The third kappa shape index (κ3) is 62.9. The van der Waals surface area contributed by atoms with Crippen molar-refractivity contribution in [3.05, 3.63) is 0 Å². The van der Waals surface area contributed by atoms with Crippen molar-refractivity contribution in [2.24, 2.45) is 67.3 Å². The average Bonchev–Trinajstić information content (AvgIpc) is 3.25. The van der Waals surface area contributed by atoms with E-state index in [0.29, 0.717) is 45.2 Å². The van der Waals surface area contributed by atoms with Crippen LogP contribution in [0.15, 0.2) is 9.98 Å². The fraction of sp³-hybridized carbons (Fsp3) is 0.639. The van der Waals surface area contributed by atoms with E-state index in [1.807, 2.05) is 6.26 Å². The first-order valence-electron chi connectivity index (χ1n) is 20.1. The Kier molecular flexibility index (Phi) is 49.9. The summed E-state index contributed by atoms with van der Waals surface area (Å²) in [7, 11) is 0. The highest BCUT2D eigenvalue weighted by atomic mass is 32.2. The summed E-state index contributed by atoms with van der Waals surface area (Å²) in [5, 5.41) is 77.0. The van der Waals surface area contributed by atoms with Crippen LogP contribution in [0.25, 0.3) is 0 Å². The highest BCUT2D eigenvalue weighted by Crippen LogP contribution is 2.01. The number of amides is 2. The number of hydrogen-bond acceptors (Lipinski definition) is 19. The molecule has 0 fully saturated rings. The molecule has 34 heteroatoms. The fourth-order valence-corrected chi connectivity index (χ4v) is 3.98. The van der Waals surface area contributed by atoms with E-state index in [1.54, 1.807) is 11.8 Å². The quantitative estimate of drug-likeness (QED) is 0.0181. The van der Waals surface area contributed by atoms with Crippen LogP contribution in [0.5, 0.6) is 0 Å². The molecule has 406 valence electrons. The summed E-state index contributed by atoms with van der Waals surface area (Å²) in [5.74, 6) is -10.3. The number of primary amides is 1. The monoisotopic (exact) mass is 1040 g/mol. The highest BCUT2D eigenvalue weighted by Gasteiger charge is 2.21. The Morgan fingerprint density at radius 3 is 1.03 bits per heavy atom. The van der Waals surface area contributed by atoms with Crippen molar-refractivity contribution in [1.82, 2.24) is 5.32 Å². The minimum atomic E-state index is -1.35. The van der Waals surface area contributed by atoms with Gasteiger partial charge in [-0.1, -0.05) is 0 Å². The number of rotatable bonds is 30. The summed E-state index contributed by atoms with van der Waals surface area (Å²) >= 11 is 1.60. The van der Waals surface area contributed by atoms with E-state index < -0.39 is 115 Å². The molecular weight excluding hydrogens is 967 g/mol. The van der Waals surface area contributed by atoms with Crippen molar-refractivity contribution in [2.75, 3.05) is 25.1 Å². The molecule has 0 aromatic heterocycles. The van der Waals surface area contributed by atoms with E-state index in [1.165, 1.54) is 0 Å². The van der Waals surface area contributed by atoms with Gasteiger partial charge >= 0.3 is 53.7 Å². The zero-order valence-corrected chi connectivity index (χ0v) is 39.2. The molecule has 0 heterocycles. The van der Waals surface area contributed by atoms with Crippen molar-refractivity contribution in [3.63, 3.8) is 0 Å². The number of carboxylic acids is 9. The maximum Gasteiger partial charge on any atom is 0.326 e. The van der Waals surface area contributed by atoms with Crippen LogP contribution in [0.4, 0.5) is 0 Å². The molecule has 33 nitrogen and oxygen atoms in total. The topological polar surface area (TPSA) is 667 Å². The van der Waals surface area contributed by atoms with Gasteiger partial charge in [0.05, 0.1) is 6.42 Å². The van der Waals surface area contributed by atoms with Crippen LogP contribution >= 0.6 is 11.8 Å². The van der Waals surface area contributed by atoms with Gasteiger partial charge in [-0.3, -0.25) is 57.9 Å². The van der Waals surface area contributed by atoms with Crippen molar-refractivity contribution < 1.29 is 98.7 Å². The summed E-state index contributed by atoms with van der Waals surface area (Å²) in [6.07, 6.45) is 2.90. The van der Waals surface area contributed by atoms with Crippen LogP contribution in [-0.2, 0) is 52.7 Å². The van der Waals surface area contributed by atoms with Gasteiger partial charge in [-0.2, -0.15) is 11.8 Å². The molecule has 6 atom stereocenters. The first-order valence-corrected chi connectivity index (χ1v) is 21.5. The number of hydrogen-bond donors (Lipinski definition) is 20. The third-order valence-corrected chi connectivity index (χ3v) is 8.02. The first kappa shape index (κ1) is 74.4. The van der Waals surface area contributed by atoms with Gasteiger partial charge in [0.2, 0.25) is 11.8 Å². The largest absolute Gasteiger partial charge is 0.481 e. The Bertz CT molecular complexity index is 1590. The maximum absolute atomic E-state index is 11.1. The number of guanidine groups is 2. The maximum atomic E-state index is 11.1. The summed E-state index contributed by atoms with van der Waals surface area (Å²) in [6.45, 7) is 0.840. The molecular formula is C36H71N13O20S. The minimum Gasteiger partial charge on any atom is -0.481 e. The van der Waals surface area contributed by atoms with Gasteiger partial charge in [0, 0.05) is 38.8 Å². The summed E-state index contributed by atoms with van der Waals surface area (Å²) in [5.41, 5.74) is 50.6. The van der Waals surface area contributed by atoms with Gasteiger partial charge in [0.15, 0.2) is 11.9 Å². The second-order valence-electron chi connectivity index (χ2n) is 13.6. The predicted octanol–water partition coefficient (Wildman–Crippen LogP) is -5.73. The number of carbonyl (C=O) groups is 11. The summed E-state index contributed by atoms with van der Waals surface area (Å²) < 4.78 is 0. The lowest BCUT2D eigenvalue weighted by atomic mass is 10.1. The lowest BCUT2D eigenvalue weighted by Gasteiger charge is -2.12. The molecule has 0 saturated heterocycles.